The summed E-state index contributed by atoms with van der Waals surface area (Å²) in [5.41, 5.74) is 0. The number of amides is 1. The Labute approximate surface area is 542 Å². The standard InChI is InChI=1S/C77H143NO10/c1-3-5-7-9-11-13-15-17-37-40-43-47-51-55-59-63-70(80)69(68-87-77-76(85)75(84)74(83)71(67-79)88-77)78-72(81)64-60-56-52-48-44-41-38-35-33-31-29-27-25-23-21-19-18-20-22-24-26-28-30-32-34-36-39-42-46-50-54-58-62-66-86-73(82)65-61-57-53-49-45-16-14-12-10-8-6-4-2/h15,17,22,24,43,47,59,63,69-71,74-77,79-80,83-85H,3-14,16,18-21,23,25-42,44-46,48-58,60-62,64-68H2,1-2H3,(H,78,81)/b17-15+,24-22-,47-43+,63-59+. The molecule has 0 radical (unpaired) electrons. The van der Waals surface area contributed by atoms with Gasteiger partial charge in [0.1, 0.15) is 24.4 Å². The molecule has 11 heteroatoms. The third kappa shape index (κ3) is 54.2. The molecule has 1 rings (SSSR count). The van der Waals surface area contributed by atoms with Gasteiger partial charge in [0.2, 0.25) is 5.91 Å². The van der Waals surface area contributed by atoms with Crippen molar-refractivity contribution in [1.29, 1.82) is 0 Å². The number of ether oxygens (including phenoxy) is 3. The van der Waals surface area contributed by atoms with Crippen molar-refractivity contribution in [1.82, 2.24) is 5.32 Å². The van der Waals surface area contributed by atoms with Gasteiger partial charge in [-0.25, -0.2) is 0 Å². The average molecular weight is 1240 g/mol. The maximum atomic E-state index is 13.1. The fourth-order valence-corrected chi connectivity index (χ4v) is 11.9. The molecule has 1 heterocycles. The lowest BCUT2D eigenvalue weighted by Crippen LogP contribution is -2.60. The predicted octanol–water partition coefficient (Wildman–Crippen LogP) is 19.9. The molecule has 0 aromatic heterocycles. The second-order valence-corrected chi connectivity index (χ2v) is 26.3. The van der Waals surface area contributed by atoms with Gasteiger partial charge in [-0.3, -0.25) is 9.59 Å². The van der Waals surface area contributed by atoms with Gasteiger partial charge in [-0.2, -0.15) is 0 Å². The Bertz CT molecular complexity index is 1600. The number of hydrogen-bond donors (Lipinski definition) is 6. The topological polar surface area (TPSA) is 175 Å². The summed E-state index contributed by atoms with van der Waals surface area (Å²) in [7, 11) is 0. The fourth-order valence-electron chi connectivity index (χ4n) is 11.9. The van der Waals surface area contributed by atoms with Gasteiger partial charge >= 0.3 is 5.97 Å². The molecule has 11 nitrogen and oxygen atoms in total. The van der Waals surface area contributed by atoms with E-state index in [9.17, 15) is 35.1 Å². The van der Waals surface area contributed by atoms with Gasteiger partial charge in [-0.1, -0.05) is 319 Å². The molecule has 6 N–H and O–H groups in total. The lowest BCUT2D eigenvalue weighted by Gasteiger charge is -2.40. The number of rotatable bonds is 67. The van der Waals surface area contributed by atoms with Crippen molar-refractivity contribution in [3.8, 4) is 0 Å². The first-order valence-electron chi connectivity index (χ1n) is 37.9. The fraction of sp³-hybridized carbons (Fsp3) is 0.870. The highest BCUT2D eigenvalue weighted by Gasteiger charge is 2.44. The first-order valence-corrected chi connectivity index (χ1v) is 37.9. The van der Waals surface area contributed by atoms with E-state index in [0.717, 1.165) is 64.2 Å². The van der Waals surface area contributed by atoms with E-state index in [0.29, 0.717) is 19.4 Å². The highest BCUT2D eigenvalue weighted by Crippen LogP contribution is 2.23. The normalized spacial score (nSPS) is 18.0. The van der Waals surface area contributed by atoms with E-state index in [1.165, 1.54) is 276 Å². The van der Waals surface area contributed by atoms with E-state index >= 15 is 0 Å². The molecule has 0 spiro atoms. The Hall–Kier alpha value is -2.38. The van der Waals surface area contributed by atoms with Gasteiger partial charge in [0.25, 0.3) is 0 Å². The second kappa shape index (κ2) is 66.1. The van der Waals surface area contributed by atoms with Crippen molar-refractivity contribution in [2.75, 3.05) is 19.8 Å². The van der Waals surface area contributed by atoms with Crippen LogP contribution in [0.1, 0.15) is 367 Å². The number of esters is 1. The molecule has 7 unspecified atom stereocenters. The minimum Gasteiger partial charge on any atom is -0.466 e. The quantitative estimate of drug-likeness (QED) is 0.0195. The van der Waals surface area contributed by atoms with Gasteiger partial charge in [0.15, 0.2) is 6.29 Å². The van der Waals surface area contributed by atoms with E-state index in [1.54, 1.807) is 6.08 Å². The third-order valence-electron chi connectivity index (χ3n) is 17.9. The summed E-state index contributed by atoms with van der Waals surface area (Å²) in [6.07, 6.45) is 76.9. The zero-order chi connectivity index (χ0) is 63.7. The van der Waals surface area contributed by atoms with Gasteiger partial charge in [-0.05, 0) is 83.5 Å². The summed E-state index contributed by atoms with van der Waals surface area (Å²) in [6, 6.07) is -0.833. The van der Waals surface area contributed by atoms with Crippen LogP contribution in [-0.2, 0) is 23.8 Å². The summed E-state index contributed by atoms with van der Waals surface area (Å²) in [6.45, 7) is 4.35. The molecule has 1 fully saturated rings. The number of unbranched alkanes of at least 4 members (excludes halogenated alkanes) is 47. The van der Waals surface area contributed by atoms with Crippen molar-refractivity contribution in [3.05, 3.63) is 48.6 Å². The SMILES string of the molecule is CCCCCCC/C=C/CC/C=C/CC/C=C/C(O)C(COC1OC(CO)C(O)C(O)C1O)NC(=O)CCCCCCCCCCCCCCCCCCC/C=C\CCCCCCCCCCCCCCOC(=O)CCCCCCCCCCCCCC. The van der Waals surface area contributed by atoms with Gasteiger partial charge < -0.3 is 45.1 Å². The van der Waals surface area contributed by atoms with Crippen LogP contribution in [0.2, 0.25) is 0 Å². The Morgan fingerprint density at radius 1 is 0.409 bits per heavy atom. The van der Waals surface area contributed by atoms with E-state index in [2.05, 4.69) is 55.6 Å². The van der Waals surface area contributed by atoms with Gasteiger partial charge in [-0.15, -0.1) is 0 Å². The van der Waals surface area contributed by atoms with Crippen LogP contribution >= 0.6 is 0 Å². The summed E-state index contributed by atoms with van der Waals surface area (Å²) in [5.74, 6) is -0.180. The van der Waals surface area contributed by atoms with Crippen molar-refractivity contribution < 1.29 is 49.3 Å². The Morgan fingerprint density at radius 3 is 1.12 bits per heavy atom. The van der Waals surface area contributed by atoms with Crippen LogP contribution in [0.15, 0.2) is 48.6 Å². The minimum absolute atomic E-state index is 0.0120. The van der Waals surface area contributed by atoms with Crippen molar-refractivity contribution in [2.45, 2.75) is 410 Å². The van der Waals surface area contributed by atoms with Gasteiger partial charge in [0.05, 0.1) is 32.0 Å². The van der Waals surface area contributed by atoms with E-state index in [-0.39, 0.29) is 18.5 Å². The van der Waals surface area contributed by atoms with Crippen LogP contribution in [0.3, 0.4) is 0 Å². The molecule has 516 valence electrons. The molecular formula is C77H143NO10. The Kier molecular flexibility index (Phi) is 62.8. The lowest BCUT2D eigenvalue weighted by atomic mass is 9.99. The molecule has 7 atom stereocenters. The summed E-state index contributed by atoms with van der Waals surface area (Å²) < 4.78 is 16.7. The molecule has 1 saturated heterocycles. The van der Waals surface area contributed by atoms with E-state index in [4.69, 9.17) is 14.2 Å². The van der Waals surface area contributed by atoms with Crippen LogP contribution < -0.4 is 5.32 Å². The molecule has 1 amide bonds. The Balaban J connectivity index is 1.96. The van der Waals surface area contributed by atoms with E-state index in [1.807, 2.05) is 6.08 Å². The maximum absolute atomic E-state index is 13.1. The largest absolute Gasteiger partial charge is 0.466 e. The van der Waals surface area contributed by atoms with Gasteiger partial charge in [0, 0.05) is 12.8 Å². The smallest absolute Gasteiger partial charge is 0.305 e. The number of hydrogen-bond acceptors (Lipinski definition) is 10. The minimum atomic E-state index is -1.58. The first-order chi connectivity index (χ1) is 43.2. The number of aliphatic hydroxyl groups is 5. The molecule has 0 aromatic rings. The zero-order valence-electron chi connectivity index (χ0n) is 57.4. The molecule has 0 aromatic carbocycles. The van der Waals surface area contributed by atoms with E-state index < -0.39 is 49.5 Å². The highest BCUT2D eigenvalue weighted by atomic mass is 16.7. The number of carbonyl (C=O) groups is 2. The monoisotopic (exact) mass is 1240 g/mol. The molecule has 0 aliphatic carbocycles. The van der Waals surface area contributed by atoms with Crippen LogP contribution in [0, 0.1) is 0 Å². The number of carbonyl (C=O) groups excluding carboxylic acids is 2. The van der Waals surface area contributed by atoms with Crippen molar-refractivity contribution >= 4 is 11.9 Å². The summed E-state index contributed by atoms with van der Waals surface area (Å²) in [4.78, 5) is 25.1. The number of nitrogens with one attached hydrogen (secondary N) is 1. The lowest BCUT2D eigenvalue weighted by molar-refractivity contribution is -0.302. The highest BCUT2D eigenvalue weighted by molar-refractivity contribution is 5.76. The number of aliphatic hydroxyl groups excluding tert-OH is 5. The van der Waals surface area contributed by atoms with Crippen molar-refractivity contribution in [2.24, 2.45) is 0 Å². The van der Waals surface area contributed by atoms with Crippen LogP contribution in [0.25, 0.3) is 0 Å². The second-order valence-electron chi connectivity index (χ2n) is 26.3. The summed E-state index contributed by atoms with van der Waals surface area (Å²) in [5, 5.41) is 54.6. The molecular weight excluding hydrogens is 1100 g/mol. The molecule has 88 heavy (non-hydrogen) atoms. The zero-order valence-corrected chi connectivity index (χ0v) is 57.4. The third-order valence-corrected chi connectivity index (χ3v) is 17.9. The molecule has 0 saturated carbocycles. The Morgan fingerprint density at radius 2 is 0.739 bits per heavy atom. The average Bonchev–Trinajstić information content (AvgIpc) is 3.68. The summed E-state index contributed by atoms with van der Waals surface area (Å²) >= 11 is 0. The molecule has 1 aliphatic heterocycles. The predicted molar refractivity (Wildman–Crippen MR) is 370 cm³/mol. The first kappa shape index (κ1) is 83.6. The maximum Gasteiger partial charge on any atom is 0.305 e. The van der Waals surface area contributed by atoms with Crippen LogP contribution in [0.4, 0.5) is 0 Å². The van der Waals surface area contributed by atoms with Crippen LogP contribution in [-0.4, -0.2) is 100 Å². The van der Waals surface area contributed by atoms with Crippen LogP contribution in [0.5, 0.6) is 0 Å². The number of allylic oxidation sites excluding steroid dienone is 7. The molecule has 0 bridgehead atoms. The molecule has 1 aliphatic rings. The van der Waals surface area contributed by atoms with Crippen molar-refractivity contribution in [3.63, 3.8) is 0 Å².